The fraction of sp³-hybridized carbons (Fsp3) is 0.154. The van der Waals surface area contributed by atoms with Gasteiger partial charge in [0, 0.05) is 37.2 Å². The molecular formula is C13H13BrN4O. The summed E-state index contributed by atoms with van der Waals surface area (Å²) in [5.41, 5.74) is 1.15. The lowest BCUT2D eigenvalue weighted by Crippen LogP contribution is -2.17. The van der Waals surface area contributed by atoms with Gasteiger partial charge in [0.15, 0.2) is 5.82 Å². The monoisotopic (exact) mass is 320 g/mol. The van der Waals surface area contributed by atoms with Crippen LogP contribution in [0, 0.1) is 0 Å². The Morgan fingerprint density at radius 3 is 2.84 bits per heavy atom. The second-order valence-electron chi connectivity index (χ2n) is 4.11. The molecule has 6 heteroatoms. The van der Waals surface area contributed by atoms with E-state index < -0.39 is 0 Å². The third-order valence-electron chi connectivity index (χ3n) is 2.43. The Balaban J connectivity index is 2.24. The Labute approximate surface area is 119 Å². The molecule has 1 amide bonds. The van der Waals surface area contributed by atoms with Crippen LogP contribution in [0.15, 0.2) is 41.3 Å². The van der Waals surface area contributed by atoms with Crippen LogP contribution in [0.1, 0.15) is 10.4 Å². The first-order valence-electron chi connectivity index (χ1n) is 5.62. The predicted octanol–water partition coefficient (Wildman–Crippen LogP) is 2.56. The number of hydrogen-bond donors (Lipinski definition) is 1. The van der Waals surface area contributed by atoms with Crippen LogP contribution in [0.25, 0.3) is 0 Å². The van der Waals surface area contributed by atoms with Crippen molar-refractivity contribution in [1.82, 2.24) is 9.97 Å². The Hall–Kier alpha value is -1.95. The van der Waals surface area contributed by atoms with Crippen LogP contribution in [0.3, 0.4) is 0 Å². The molecule has 0 unspecified atom stereocenters. The Bertz CT molecular complexity index is 601. The van der Waals surface area contributed by atoms with Crippen molar-refractivity contribution in [2.75, 3.05) is 24.3 Å². The van der Waals surface area contributed by atoms with E-state index in [1.54, 1.807) is 24.5 Å². The second-order valence-corrected chi connectivity index (χ2v) is 5.03. The third kappa shape index (κ3) is 3.29. The van der Waals surface area contributed by atoms with Gasteiger partial charge in [0.25, 0.3) is 5.91 Å². The van der Waals surface area contributed by atoms with E-state index in [0.717, 1.165) is 4.47 Å². The predicted molar refractivity (Wildman–Crippen MR) is 78.5 cm³/mol. The van der Waals surface area contributed by atoms with E-state index >= 15 is 0 Å². The standard InChI is InChI=1S/C13H13BrN4O/c1-18(2)12-11(4-3-5-16-12)17-13(19)9-6-10(14)8-15-7-9/h3-8H,1-2H3,(H,17,19). The molecule has 0 fully saturated rings. The fourth-order valence-corrected chi connectivity index (χ4v) is 1.95. The molecule has 0 aliphatic rings. The molecule has 0 saturated carbocycles. The minimum absolute atomic E-state index is 0.218. The number of rotatable bonds is 3. The summed E-state index contributed by atoms with van der Waals surface area (Å²) in [6.07, 6.45) is 4.84. The first kappa shape index (κ1) is 13.5. The number of amides is 1. The number of nitrogens with one attached hydrogen (secondary N) is 1. The van der Waals surface area contributed by atoms with Crippen LogP contribution < -0.4 is 10.2 Å². The van der Waals surface area contributed by atoms with E-state index in [-0.39, 0.29) is 5.91 Å². The van der Waals surface area contributed by atoms with Gasteiger partial charge in [-0.2, -0.15) is 0 Å². The zero-order valence-electron chi connectivity index (χ0n) is 10.6. The van der Waals surface area contributed by atoms with Gasteiger partial charge < -0.3 is 10.2 Å². The lowest BCUT2D eigenvalue weighted by atomic mass is 10.2. The molecule has 0 saturated heterocycles. The van der Waals surface area contributed by atoms with E-state index in [4.69, 9.17) is 0 Å². The third-order valence-corrected chi connectivity index (χ3v) is 2.86. The molecule has 98 valence electrons. The molecule has 0 radical (unpaired) electrons. The molecule has 19 heavy (non-hydrogen) atoms. The van der Waals surface area contributed by atoms with E-state index in [1.807, 2.05) is 25.1 Å². The fourth-order valence-electron chi connectivity index (χ4n) is 1.58. The van der Waals surface area contributed by atoms with Gasteiger partial charge >= 0.3 is 0 Å². The Morgan fingerprint density at radius 2 is 2.16 bits per heavy atom. The lowest BCUT2D eigenvalue weighted by molar-refractivity contribution is 0.102. The molecule has 0 bridgehead atoms. The van der Waals surface area contributed by atoms with Gasteiger partial charge in [-0.3, -0.25) is 9.78 Å². The van der Waals surface area contributed by atoms with Crippen molar-refractivity contribution in [2.45, 2.75) is 0 Å². The zero-order chi connectivity index (χ0) is 13.8. The lowest BCUT2D eigenvalue weighted by Gasteiger charge is -2.16. The topological polar surface area (TPSA) is 58.1 Å². The maximum atomic E-state index is 12.1. The zero-order valence-corrected chi connectivity index (χ0v) is 12.2. The normalized spacial score (nSPS) is 10.1. The Kier molecular flexibility index (Phi) is 4.11. The SMILES string of the molecule is CN(C)c1ncccc1NC(=O)c1cncc(Br)c1. The average Bonchev–Trinajstić information content (AvgIpc) is 2.39. The number of aromatic nitrogens is 2. The Morgan fingerprint density at radius 1 is 1.37 bits per heavy atom. The number of hydrogen-bond acceptors (Lipinski definition) is 4. The minimum Gasteiger partial charge on any atom is -0.361 e. The van der Waals surface area contributed by atoms with Gasteiger partial charge in [-0.15, -0.1) is 0 Å². The van der Waals surface area contributed by atoms with Gasteiger partial charge in [0.2, 0.25) is 0 Å². The number of halogens is 1. The highest BCUT2D eigenvalue weighted by Gasteiger charge is 2.11. The molecule has 0 aliphatic carbocycles. The highest BCUT2D eigenvalue weighted by atomic mass is 79.9. The van der Waals surface area contributed by atoms with Crippen LogP contribution in [0.5, 0.6) is 0 Å². The van der Waals surface area contributed by atoms with Gasteiger partial charge in [0.05, 0.1) is 11.3 Å². The van der Waals surface area contributed by atoms with E-state index in [2.05, 4.69) is 31.2 Å². The van der Waals surface area contributed by atoms with E-state index in [9.17, 15) is 4.79 Å². The van der Waals surface area contributed by atoms with E-state index in [1.165, 1.54) is 6.20 Å². The largest absolute Gasteiger partial charge is 0.361 e. The van der Waals surface area contributed by atoms with Crippen molar-refractivity contribution >= 4 is 33.3 Å². The summed E-state index contributed by atoms with van der Waals surface area (Å²) >= 11 is 3.29. The summed E-state index contributed by atoms with van der Waals surface area (Å²) < 4.78 is 0.763. The molecule has 2 heterocycles. The summed E-state index contributed by atoms with van der Waals surface area (Å²) in [5, 5.41) is 2.83. The quantitative estimate of drug-likeness (QED) is 0.944. The van der Waals surface area contributed by atoms with Crippen molar-refractivity contribution in [3.05, 3.63) is 46.8 Å². The number of anilines is 2. The second kappa shape index (κ2) is 5.79. The van der Waals surface area contributed by atoms with Gasteiger partial charge in [-0.1, -0.05) is 0 Å². The minimum atomic E-state index is -0.218. The molecule has 2 rings (SSSR count). The van der Waals surface area contributed by atoms with Crippen LogP contribution in [0.4, 0.5) is 11.5 Å². The van der Waals surface area contributed by atoms with Crippen molar-refractivity contribution in [2.24, 2.45) is 0 Å². The first-order valence-corrected chi connectivity index (χ1v) is 6.41. The molecule has 2 aromatic heterocycles. The molecule has 0 atom stereocenters. The summed E-state index contributed by atoms with van der Waals surface area (Å²) in [6, 6.07) is 5.31. The van der Waals surface area contributed by atoms with Crippen molar-refractivity contribution in [3.8, 4) is 0 Å². The summed E-state index contributed by atoms with van der Waals surface area (Å²) in [4.78, 5) is 22.2. The number of carbonyl (C=O) groups is 1. The van der Waals surface area contributed by atoms with Gasteiger partial charge in [0.1, 0.15) is 0 Å². The molecular weight excluding hydrogens is 308 g/mol. The van der Waals surface area contributed by atoms with Gasteiger partial charge in [-0.25, -0.2) is 4.98 Å². The van der Waals surface area contributed by atoms with Crippen LogP contribution >= 0.6 is 15.9 Å². The first-order chi connectivity index (χ1) is 9.08. The smallest absolute Gasteiger partial charge is 0.257 e. The highest BCUT2D eigenvalue weighted by Crippen LogP contribution is 2.21. The number of pyridine rings is 2. The molecule has 0 aromatic carbocycles. The van der Waals surface area contributed by atoms with Crippen LogP contribution in [-0.4, -0.2) is 30.0 Å². The van der Waals surface area contributed by atoms with Crippen LogP contribution in [0.2, 0.25) is 0 Å². The van der Waals surface area contributed by atoms with E-state index in [0.29, 0.717) is 17.1 Å². The highest BCUT2D eigenvalue weighted by molar-refractivity contribution is 9.10. The van der Waals surface area contributed by atoms with Crippen molar-refractivity contribution in [1.29, 1.82) is 0 Å². The maximum absolute atomic E-state index is 12.1. The average molecular weight is 321 g/mol. The molecule has 2 aromatic rings. The molecule has 0 spiro atoms. The molecule has 5 nitrogen and oxygen atoms in total. The summed E-state index contributed by atoms with van der Waals surface area (Å²) in [6.45, 7) is 0. The summed E-state index contributed by atoms with van der Waals surface area (Å²) in [5.74, 6) is 0.490. The maximum Gasteiger partial charge on any atom is 0.257 e. The van der Waals surface area contributed by atoms with Gasteiger partial charge in [-0.05, 0) is 34.1 Å². The summed E-state index contributed by atoms with van der Waals surface area (Å²) in [7, 11) is 3.75. The van der Waals surface area contributed by atoms with Crippen molar-refractivity contribution < 1.29 is 4.79 Å². The van der Waals surface area contributed by atoms with Crippen molar-refractivity contribution in [3.63, 3.8) is 0 Å². The molecule has 0 aliphatic heterocycles. The number of carbonyl (C=O) groups excluding carboxylic acids is 1. The number of nitrogens with zero attached hydrogens (tertiary/aromatic N) is 3. The molecule has 1 N–H and O–H groups in total. The van der Waals surface area contributed by atoms with Crippen LogP contribution in [-0.2, 0) is 0 Å².